The molecule has 1 rings (SSSR count). The van der Waals surface area contributed by atoms with E-state index in [2.05, 4.69) is 17.2 Å². The number of nitro groups is 1. The van der Waals surface area contributed by atoms with Crippen LogP contribution in [0, 0.1) is 22.0 Å². The summed E-state index contributed by atoms with van der Waals surface area (Å²) < 4.78 is 0. The van der Waals surface area contributed by atoms with Crippen LogP contribution in [0.5, 0.6) is 0 Å². The first-order valence-corrected chi connectivity index (χ1v) is 5.01. The number of hydrogen-bond acceptors (Lipinski definition) is 4. The Labute approximate surface area is 103 Å². The first-order chi connectivity index (χ1) is 8.52. The zero-order valence-corrected chi connectivity index (χ0v) is 9.60. The fraction of sp³-hybridized carbons (Fsp3) is 0.167. The van der Waals surface area contributed by atoms with Crippen molar-refractivity contribution in [3.63, 3.8) is 0 Å². The minimum Gasteiger partial charge on any atom is -0.345 e. The average Bonchev–Trinajstić information content (AvgIpc) is 2.34. The number of non-ortho nitro benzene ring substituents is 1. The fourth-order valence-corrected chi connectivity index (χ4v) is 1.20. The van der Waals surface area contributed by atoms with Crippen molar-refractivity contribution in [3.8, 4) is 11.8 Å². The first-order valence-electron chi connectivity index (χ1n) is 5.01. The van der Waals surface area contributed by atoms with Crippen molar-refractivity contribution >= 4 is 17.9 Å². The smallest absolute Gasteiger partial charge is 0.271 e. The molecule has 18 heavy (non-hydrogen) atoms. The summed E-state index contributed by atoms with van der Waals surface area (Å²) in [7, 11) is 0. The Morgan fingerprint density at radius 1 is 1.50 bits per heavy atom. The van der Waals surface area contributed by atoms with Crippen molar-refractivity contribution in [2.45, 2.75) is 6.92 Å². The van der Waals surface area contributed by atoms with Gasteiger partial charge >= 0.3 is 0 Å². The molecule has 0 spiro atoms. The molecular weight excluding hydrogens is 236 g/mol. The molecule has 0 bridgehead atoms. The van der Waals surface area contributed by atoms with Gasteiger partial charge in [0.2, 0.25) is 5.91 Å². The van der Waals surface area contributed by atoms with Crippen LogP contribution in [-0.2, 0) is 4.79 Å². The maximum atomic E-state index is 10.6. The molecule has 0 atom stereocenters. The summed E-state index contributed by atoms with van der Waals surface area (Å²) in [6.45, 7) is 1.51. The number of hydrogen-bond donors (Lipinski definition) is 1. The molecule has 0 unspecified atom stereocenters. The Balaban J connectivity index is 2.94. The van der Waals surface area contributed by atoms with Crippen LogP contribution in [-0.4, -0.2) is 23.7 Å². The van der Waals surface area contributed by atoms with E-state index >= 15 is 0 Å². The molecule has 1 aromatic rings. The lowest BCUT2D eigenvalue weighted by molar-refractivity contribution is -0.384. The van der Waals surface area contributed by atoms with Crippen LogP contribution >= 0.6 is 0 Å². The maximum Gasteiger partial charge on any atom is 0.271 e. The second-order valence-electron chi connectivity index (χ2n) is 3.40. The third kappa shape index (κ3) is 4.06. The summed E-state index contributed by atoms with van der Waals surface area (Å²) in [5.41, 5.74) is 0.355. The summed E-state index contributed by atoms with van der Waals surface area (Å²) in [4.78, 5) is 31.2. The molecular formula is C12H10N2O4. The van der Waals surface area contributed by atoms with Gasteiger partial charge in [0, 0.05) is 30.2 Å². The number of nitrogens with zero attached hydrogens (tertiary/aromatic N) is 1. The van der Waals surface area contributed by atoms with Gasteiger partial charge in [-0.2, -0.15) is 0 Å². The predicted octanol–water partition coefficient (Wildman–Crippen LogP) is 0.895. The van der Waals surface area contributed by atoms with Gasteiger partial charge in [-0.1, -0.05) is 11.8 Å². The van der Waals surface area contributed by atoms with E-state index < -0.39 is 4.92 Å². The number of carbonyl (C=O) groups excluding carboxylic acids is 2. The normalized spacial score (nSPS) is 8.94. The summed E-state index contributed by atoms with van der Waals surface area (Å²) in [6.07, 6.45) is 0.520. The second kappa shape index (κ2) is 6.15. The molecule has 92 valence electrons. The first kappa shape index (κ1) is 13.4. The molecule has 0 aliphatic rings. The third-order valence-corrected chi connectivity index (χ3v) is 1.95. The largest absolute Gasteiger partial charge is 0.345 e. The summed E-state index contributed by atoms with van der Waals surface area (Å²) in [5.74, 6) is 5.06. The third-order valence-electron chi connectivity index (χ3n) is 1.95. The molecule has 6 nitrogen and oxygen atoms in total. The van der Waals surface area contributed by atoms with Gasteiger partial charge in [-0.3, -0.25) is 19.7 Å². The Morgan fingerprint density at radius 3 is 2.78 bits per heavy atom. The van der Waals surface area contributed by atoms with Crippen molar-refractivity contribution in [3.05, 3.63) is 39.4 Å². The molecule has 0 saturated heterocycles. The van der Waals surface area contributed by atoms with Crippen LogP contribution in [0.2, 0.25) is 0 Å². The van der Waals surface area contributed by atoms with Gasteiger partial charge in [0.1, 0.15) is 6.29 Å². The Kier molecular flexibility index (Phi) is 4.58. The van der Waals surface area contributed by atoms with Crippen LogP contribution in [0.4, 0.5) is 5.69 Å². The molecule has 1 N–H and O–H groups in total. The number of nitrogens with one attached hydrogen (secondary N) is 1. The molecule has 6 heteroatoms. The van der Waals surface area contributed by atoms with E-state index in [1.165, 1.54) is 25.1 Å². The van der Waals surface area contributed by atoms with Crippen LogP contribution in [0.15, 0.2) is 18.2 Å². The van der Waals surface area contributed by atoms with Gasteiger partial charge in [-0.05, 0) is 6.07 Å². The molecule has 0 aliphatic heterocycles. The zero-order chi connectivity index (χ0) is 13.5. The monoisotopic (exact) mass is 246 g/mol. The highest BCUT2D eigenvalue weighted by Crippen LogP contribution is 2.15. The van der Waals surface area contributed by atoms with Crippen LogP contribution in [0.25, 0.3) is 0 Å². The SMILES string of the molecule is CC(=O)NCC#Cc1cc(C=O)cc([N+](=O)[O-])c1. The van der Waals surface area contributed by atoms with Gasteiger partial charge in [-0.25, -0.2) is 0 Å². The number of aldehydes is 1. The standard InChI is InChI=1S/C12H10N2O4/c1-9(16)13-4-2-3-10-5-11(8-15)7-12(6-10)14(17)18/h5-8H,4H2,1H3,(H,13,16). The highest BCUT2D eigenvalue weighted by Gasteiger charge is 2.08. The Morgan fingerprint density at radius 2 is 2.22 bits per heavy atom. The van der Waals surface area contributed by atoms with E-state index in [1.807, 2.05) is 0 Å². The summed E-state index contributed by atoms with van der Waals surface area (Å²) in [6, 6.07) is 3.89. The number of carbonyl (C=O) groups is 2. The van der Waals surface area contributed by atoms with Gasteiger partial charge in [0.25, 0.3) is 5.69 Å². The highest BCUT2D eigenvalue weighted by atomic mass is 16.6. The lowest BCUT2D eigenvalue weighted by atomic mass is 10.1. The van der Waals surface area contributed by atoms with Gasteiger partial charge < -0.3 is 5.32 Å². The van der Waals surface area contributed by atoms with E-state index in [0.29, 0.717) is 11.8 Å². The zero-order valence-electron chi connectivity index (χ0n) is 9.60. The van der Waals surface area contributed by atoms with Crippen molar-refractivity contribution in [1.82, 2.24) is 5.32 Å². The van der Waals surface area contributed by atoms with E-state index in [1.54, 1.807) is 0 Å². The number of amides is 1. The average molecular weight is 246 g/mol. The molecule has 0 aromatic heterocycles. The lowest BCUT2D eigenvalue weighted by Gasteiger charge is -1.96. The minimum atomic E-state index is -0.591. The fourth-order valence-electron chi connectivity index (χ4n) is 1.20. The van der Waals surface area contributed by atoms with Gasteiger partial charge in [-0.15, -0.1) is 0 Å². The van der Waals surface area contributed by atoms with Crippen molar-refractivity contribution in [2.75, 3.05) is 6.54 Å². The molecule has 0 aliphatic carbocycles. The summed E-state index contributed by atoms with van der Waals surface area (Å²) >= 11 is 0. The van der Waals surface area contributed by atoms with Crippen LogP contribution in [0.3, 0.4) is 0 Å². The van der Waals surface area contributed by atoms with Gasteiger partial charge in [0.15, 0.2) is 0 Å². The van der Waals surface area contributed by atoms with Crippen molar-refractivity contribution in [1.29, 1.82) is 0 Å². The van der Waals surface area contributed by atoms with E-state index in [-0.39, 0.29) is 23.7 Å². The van der Waals surface area contributed by atoms with E-state index in [9.17, 15) is 19.7 Å². The number of nitro benzene ring substituents is 1. The topological polar surface area (TPSA) is 89.3 Å². The summed E-state index contributed by atoms with van der Waals surface area (Å²) in [5, 5.41) is 13.1. The molecule has 0 fully saturated rings. The molecule has 1 amide bonds. The Bertz CT molecular complexity index is 555. The van der Waals surface area contributed by atoms with E-state index in [0.717, 1.165) is 0 Å². The lowest BCUT2D eigenvalue weighted by Crippen LogP contribution is -2.19. The van der Waals surface area contributed by atoms with E-state index in [4.69, 9.17) is 0 Å². The van der Waals surface area contributed by atoms with Gasteiger partial charge in [0.05, 0.1) is 11.5 Å². The molecule has 1 aromatic carbocycles. The Hall–Kier alpha value is -2.68. The quantitative estimate of drug-likeness (QED) is 0.371. The maximum absolute atomic E-state index is 10.6. The predicted molar refractivity (Wildman–Crippen MR) is 64.0 cm³/mol. The molecule has 0 saturated carbocycles. The van der Waals surface area contributed by atoms with Crippen LogP contribution in [0.1, 0.15) is 22.8 Å². The number of benzene rings is 1. The minimum absolute atomic E-state index is 0.147. The van der Waals surface area contributed by atoms with Crippen LogP contribution < -0.4 is 5.32 Å². The second-order valence-corrected chi connectivity index (χ2v) is 3.40. The van der Waals surface area contributed by atoms with Crippen molar-refractivity contribution in [2.24, 2.45) is 0 Å². The highest BCUT2D eigenvalue weighted by molar-refractivity contribution is 5.77. The molecule has 0 radical (unpaired) electrons. The molecule has 0 heterocycles. The van der Waals surface area contributed by atoms with Crippen molar-refractivity contribution < 1.29 is 14.5 Å². The number of rotatable bonds is 3.